The summed E-state index contributed by atoms with van der Waals surface area (Å²) in [4.78, 5) is 11.8. The van der Waals surface area contributed by atoms with E-state index in [2.05, 4.69) is 15.9 Å². The molecule has 0 aliphatic rings. The van der Waals surface area contributed by atoms with E-state index in [4.69, 9.17) is 0 Å². The average Bonchev–Trinajstić information content (AvgIpc) is 2.36. The second kappa shape index (κ2) is 5.89. The van der Waals surface area contributed by atoms with E-state index in [1.165, 1.54) is 6.08 Å². The van der Waals surface area contributed by atoms with Crippen LogP contribution in [0.4, 0.5) is 8.78 Å². The lowest BCUT2D eigenvalue weighted by Gasteiger charge is -2.01. The first-order valence-electron chi connectivity index (χ1n) is 5.50. The van der Waals surface area contributed by atoms with Gasteiger partial charge in [0.2, 0.25) is 0 Å². The maximum absolute atomic E-state index is 13.6. The van der Waals surface area contributed by atoms with Gasteiger partial charge in [-0.15, -0.1) is 0 Å². The highest BCUT2D eigenvalue weighted by molar-refractivity contribution is 9.10. The molecule has 0 heterocycles. The smallest absolute Gasteiger partial charge is 0.191 e. The van der Waals surface area contributed by atoms with Gasteiger partial charge in [-0.25, -0.2) is 8.78 Å². The van der Waals surface area contributed by atoms with Crippen molar-refractivity contribution in [1.82, 2.24) is 0 Å². The molecule has 0 unspecified atom stereocenters. The molecular weight excluding hydrogens is 314 g/mol. The quantitative estimate of drug-likeness (QED) is 0.595. The molecular formula is C15H9BrF2O. The number of carbonyl (C=O) groups excluding carboxylic acids is 1. The Bertz CT molecular complexity index is 613. The second-order valence-corrected chi connectivity index (χ2v) is 4.77. The number of hydrogen-bond donors (Lipinski definition) is 0. The lowest BCUT2D eigenvalue weighted by molar-refractivity contribution is 0.104. The number of carbonyl (C=O) groups is 1. The third kappa shape index (κ3) is 3.35. The topological polar surface area (TPSA) is 17.1 Å². The van der Waals surface area contributed by atoms with Crippen LogP contribution in [-0.4, -0.2) is 5.78 Å². The molecule has 2 rings (SSSR count). The first-order chi connectivity index (χ1) is 9.08. The number of hydrogen-bond acceptors (Lipinski definition) is 1. The summed E-state index contributed by atoms with van der Waals surface area (Å²) >= 11 is 2.96. The predicted octanol–water partition coefficient (Wildman–Crippen LogP) is 4.62. The van der Waals surface area contributed by atoms with E-state index < -0.39 is 23.0 Å². The van der Waals surface area contributed by atoms with Crippen molar-refractivity contribution >= 4 is 27.8 Å². The summed E-state index contributed by atoms with van der Waals surface area (Å²) in [5, 5.41) is 0. The van der Waals surface area contributed by atoms with Gasteiger partial charge in [0.25, 0.3) is 0 Å². The highest BCUT2D eigenvalue weighted by Crippen LogP contribution is 2.20. The SMILES string of the molecule is O=C(C=Cc1ccccc1)c1c(F)cc(Br)cc1F. The van der Waals surface area contributed by atoms with Crippen LogP contribution in [0.1, 0.15) is 15.9 Å². The molecule has 19 heavy (non-hydrogen) atoms. The van der Waals surface area contributed by atoms with Crippen LogP contribution in [0.5, 0.6) is 0 Å². The monoisotopic (exact) mass is 322 g/mol. The Morgan fingerprint density at radius 2 is 1.63 bits per heavy atom. The molecule has 2 aromatic carbocycles. The van der Waals surface area contributed by atoms with Gasteiger partial charge in [-0.3, -0.25) is 4.79 Å². The lowest BCUT2D eigenvalue weighted by atomic mass is 10.1. The summed E-state index contributed by atoms with van der Waals surface area (Å²) in [6.07, 6.45) is 2.67. The standard InChI is InChI=1S/C15H9BrF2O/c16-11-8-12(17)15(13(18)9-11)14(19)7-6-10-4-2-1-3-5-10/h1-9H. The van der Waals surface area contributed by atoms with Gasteiger partial charge in [-0.2, -0.15) is 0 Å². The first kappa shape index (κ1) is 13.6. The Labute approximate surface area is 117 Å². The van der Waals surface area contributed by atoms with E-state index in [0.717, 1.165) is 23.8 Å². The van der Waals surface area contributed by atoms with Crippen molar-refractivity contribution in [2.75, 3.05) is 0 Å². The van der Waals surface area contributed by atoms with Crippen LogP contribution < -0.4 is 0 Å². The summed E-state index contributed by atoms with van der Waals surface area (Å²) in [6, 6.07) is 11.2. The lowest BCUT2D eigenvalue weighted by Crippen LogP contribution is -2.03. The average molecular weight is 323 g/mol. The molecule has 0 N–H and O–H groups in total. The van der Waals surface area contributed by atoms with Gasteiger partial charge in [0.15, 0.2) is 5.78 Å². The van der Waals surface area contributed by atoms with Gasteiger partial charge in [0, 0.05) is 4.47 Å². The molecule has 4 heteroatoms. The van der Waals surface area contributed by atoms with Crippen LogP contribution in [0.2, 0.25) is 0 Å². The van der Waals surface area contributed by atoms with Crippen molar-refractivity contribution in [2.24, 2.45) is 0 Å². The maximum atomic E-state index is 13.6. The van der Waals surface area contributed by atoms with Crippen LogP contribution in [0.25, 0.3) is 6.08 Å². The van der Waals surface area contributed by atoms with Crippen LogP contribution in [0.15, 0.2) is 53.0 Å². The molecule has 0 atom stereocenters. The molecule has 0 aromatic heterocycles. The second-order valence-electron chi connectivity index (χ2n) is 3.85. The van der Waals surface area contributed by atoms with E-state index in [0.29, 0.717) is 0 Å². The van der Waals surface area contributed by atoms with E-state index in [9.17, 15) is 13.6 Å². The highest BCUT2D eigenvalue weighted by atomic mass is 79.9. The van der Waals surface area contributed by atoms with Gasteiger partial charge >= 0.3 is 0 Å². The molecule has 0 saturated carbocycles. The molecule has 0 saturated heterocycles. The molecule has 0 fully saturated rings. The number of allylic oxidation sites excluding steroid dienone is 1. The van der Waals surface area contributed by atoms with E-state index >= 15 is 0 Å². The van der Waals surface area contributed by atoms with Crippen molar-refractivity contribution in [1.29, 1.82) is 0 Å². The van der Waals surface area contributed by atoms with Gasteiger partial charge in [0.05, 0.1) is 5.56 Å². The van der Waals surface area contributed by atoms with Crippen molar-refractivity contribution in [3.63, 3.8) is 0 Å². The molecule has 0 spiro atoms. The molecule has 2 aromatic rings. The number of halogens is 3. The van der Waals surface area contributed by atoms with Gasteiger partial charge in [-0.05, 0) is 23.8 Å². The normalized spacial score (nSPS) is 10.9. The Hall–Kier alpha value is -1.81. The minimum absolute atomic E-state index is 0.256. The number of rotatable bonds is 3. The molecule has 0 radical (unpaired) electrons. The van der Waals surface area contributed by atoms with Gasteiger partial charge in [0.1, 0.15) is 11.6 Å². The number of benzene rings is 2. The highest BCUT2D eigenvalue weighted by Gasteiger charge is 2.15. The van der Waals surface area contributed by atoms with E-state index in [-0.39, 0.29) is 4.47 Å². The predicted molar refractivity (Wildman–Crippen MR) is 73.9 cm³/mol. The van der Waals surface area contributed by atoms with E-state index in [1.807, 2.05) is 18.2 Å². The van der Waals surface area contributed by atoms with Gasteiger partial charge < -0.3 is 0 Å². The minimum Gasteiger partial charge on any atom is -0.289 e. The first-order valence-corrected chi connectivity index (χ1v) is 6.29. The van der Waals surface area contributed by atoms with Crippen LogP contribution >= 0.6 is 15.9 Å². The molecule has 0 bridgehead atoms. The Morgan fingerprint density at radius 1 is 1.05 bits per heavy atom. The van der Waals surface area contributed by atoms with Crippen molar-refractivity contribution in [2.45, 2.75) is 0 Å². The Kier molecular flexibility index (Phi) is 4.22. The minimum atomic E-state index is -0.880. The van der Waals surface area contributed by atoms with Crippen LogP contribution in [0.3, 0.4) is 0 Å². The molecule has 1 nitrogen and oxygen atoms in total. The summed E-state index contributed by atoms with van der Waals surface area (Å²) in [7, 11) is 0. The number of ketones is 1. The third-order valence-electron chi connectivity index (χ3n) is 2.48. The van der Waals surface area contributed by atoms with Crippen LogP contribution in [-0.2, 0) is 0 Å². The molecule has 0 aliphatic heterocycles. The fraction of sp³-hybridized carbons (Fsp3) is 0. The zero-order valence-electron chi connectivity index (χ0n) is 9.74. The van der Waals surface area contributed by atoms with Crippen molar-refractivity contribution < 1.29 is 13.6 Å². The molecule has 96 valence electrons. The Morgan fingerprint density at radius 3 is 2.21 bits per heavy atom. The largest absolute Gasteiger partial charge is 0.289 e. The maximum Gasteiger partial charge on any atom is 0.191 e. The summed E-state index contributed by atoms with van der Waals surface area (Å²) in [5.41, 5.74) is 0.240. The zero-order valence-corrected chi connectivity index (χ0v) is 11.3. The fourth-order valence-electron chi connectivity index (χ4n) is 1.60. The van der Waals surface area contributed by atoms with E-state index in [1.54, 1.807) is 12.1 Å². The summed E-state index contributed by atoms with van der Waals surface area (Å²) in [5.74, 6) is -2.46. The molecule has 0 aliphatic carbocycles. The zero-order chi connectivity index (χ0) is 13.8. The van der Waals surface area contributed by atoms with Gasteiger partial charge in [-0.1, -0.05) is 52.3 Å². The summed E-state index contributed by atoms with van der Waals surface area (Å²) in [6.45, 7) is 0. The Balaban J connectivity index is 2.29. The third-order valence-corrected chi connectivity index (χ3v) is 2.94. The van der Waals surface area contributed by atoms with Crippen molar-refractivity contribution in [3.05, 3.63) is 75.8 Å². The van der Waals surface area contributed by atoms with Crippen LogP contribution in [0, 0.1) is 11.6 Å². The fourth-order valence-corrected chi connectivity index (χ4v) is 2.00. The van der Waals surface area contributed by atoms with Crippen molar-refractivity contribution in [3.8, 4) is 0 Å². The summed E-state index contributed by atoms with van der Waals surface area (Å²) < 4.78 is 27.4. The molecule has 0 amide bonds.